The lowest BCUT2D eigenvalue weighted by atomic mass is 9.91. The molecule has 0 aliphatic carbocycles. The van der Waals surface area contributed by atoms with Gasteiger partial charge in [-0.15, -0.1) is 0 Å². The minimum Gasteiger partial charge on any atom is -0.324 e. The molecule has 3 heteroatoms. The lowest BCUT2D eigenvalue weighted by Gasteiger charge is -2.21. The van der Waals surface area contributed by atoms with Crippen LogP contribution in [0.3, 0.4) is 0 Å². The standard InChI is InChI=1S/C11H15F2N/c1-7(14)8-5-4-6-9(12)10(8)11(2,3)13/h4-7H,14H2,1-3H3. The van der Waals surface area contributed by atoms with E-state index in [0.717, 1.165) is 0 Å². The summed E-state index contributed by atoms with van der Waals surface area (Å²) in [7, 11) is 0. The van der Waals surface area contributed by atoms with Gasteiger partial charge in [-0.25, -0.2) is 8.78 Å². The van der Waals surface area contributed by atoms with Gasteiger partial charge in [0.15, 0.2) is 0 Å². The first-order valence-electron chi connectivity index (χ1n) is 4.57. The van der Waals surface area contributed by atoms with E-state index < -0.39 is 11.5 Å². The Balaban J connectivity index is 3.38. The largest absolute Gasteiger partial charge is 0.324 e. The number of hydrogen-bond acceptors (Lipinski definition) is 1. The maximum atomic E-state index is 13.7. The lowest BCUT2D eigenvalue weighted by molar-refractivity contribution is 0.211. The zero-order chi connectivity index (χ0) is 10.9. The summed E-state index contributed by atoms with van der Waals surface area (Å²) in [6.07, 6.45) is 0. The van der Waals surface area contributed by atoms with Crippen LogP contribution in [0.4, 0.5) is 8.78 Å². The van der Waals surface area contributed by atoms with Crippen LogP contribution in [0.15, 0.2) is 18.2 Å². The van der Waals surface area contributed by atoms with Crippen LogP contribution in [0.5, 0.6) is 0 Å². The van der Waals surface area contributed by atoms with Crippen molar-refractivity contribution in [3.05, 3.63) is 35.1 Å². The second-order valence-corrected chi connectivity index (χ2v) is 3.97. The summed E-state index contributed by atoms with van der Waals surface area (Å²) in [6, 6.07) is 4.09. The van der Waals surface area contributed by atoms with Crippen LogP contribution in [0.2, 0.25) is 0 Å². The highest BCUT2D eigenvalue weighted by Crippen LogP contribution is 2.32. The molecule has 0 fully saturated rings. The summed E-state index contributed by atoms with van der Waals surface area (Å²) in [6.45, 7) is 4.37. The van der Waals surface area contributed by atoms with Crippen LogP contribution >= 0.6 is 0 Å². The van der Waals surface area contributed by atoms with E-state index in [1.807, 2.05) is 0 Å². The maximum Gasteiger partial charge on any atom is 0.133 e. The molecule has 0 saturated carbocycles. The molecule has 1 aromatic carbocycles. The molecule has 1 unspecified atom stereocenters. The Hall–Kier alpha value is -0.960. The lowest BCUT2D eigenvalue weighted by Crippen LogP contribution is -2.19. The van der Waals surface area contributed by atoms with E-state index in [4.69, 9.17) is 5.73 Å². The Kier molecular flexibility index (Phi) is 2.90. The van der Waals surface area contributed by atoms with Gasteiger partial charge in [0.1, 0.15) is 11.5 Å². The Morgan fingerprint density at radius 2 is 1.93 bits per heavy atom. The Bertz CT molecular complexity index is 327. The molecular weight excluding hydrogens is 184 g/mol. The third-order valence-electron chi connectivity index (χ3n) is 2.13. The molecule has 14 heavy (non-hydrogen) atoms. The third-order valence-corrected chi connectivity index (χ3v) is 2.13. The van der Waals surface area contributed by atoms with Gasteiger partial charge in [0, 0.05) is 11.6 Å². The monoisotopic (exact) mass is 199 g/mol. The molecule has 78 valence electrons. The number of rotatable bonds is 2. The second-order valence-electron chi connectivity index (χ2n) is 3.97. The van der Waals surface area contributed by atoms with Gasteiger partial charge >= 0.3 is 0 Å². The number of halogens is 2. The quantitative estimate of drug-likeness (QED) is 0.778. The van der Waals surface area contributed by atoms with Gasteiger partial charge in [-0.1, -0.05) is 12.1 Å². The first-order valence-corrected chi connectivity index (χ1v) is 4.57. The molecule has 0 aliphatic heterocycles. The SMILES string of the molecule is CC(N)c1cccc(F)c1C(C)(C)F. The molecule has 0 spiro atoms. The van der Waals surface area contributed by atoms with Gasteiger partial charge in [0.2, 0.25) is 0 Å². The van der Waals surface area contributed by atoms with Gasteiger partial charge in [-0.3, -0.25) is 0 Å². The highest BCUT2D eigenvalue weighted by atomic mass is 19.1. The minimum absolute atomic E-state index is 0.0648. The van der Waals surface area contributed by atoms with Crippen LogP contribution < -0.4 is 5.73 Å². The number of benzene rings is 1. The number of nitrogens with two attached hydrogens (primary N) is 1. The maximum absolute atomic E-state index is 13.7. The smallest absolute Gasteiger partial charge is 0.133 e. The van der Waals surface area contributed by atoms with E-state index in [1.54, 1.807) is 19.1 Å². The molecule has 0 aliphatic rings. The molecule has 0 amide bonds. The van der Waals surface area contributed by atoms with Gasteiger partial charge < -0.3 is 5.73 Å². The van der Waals surface area contributed by atoms with Crippen molar-refractivity contribution in [3.63, 3.8) is 0 Å². The summed E-state index contributed by atoms with van der Waals surface area (Å²) in [5.74, 6) is -0.535. The van der Waals surface area contributed by atoms with Crippen LogP contribution in [0, 0.1) is 5.82 Å². The van der Waals surface area contributed by atoms with Gasteiger partial charge in [0.05, 0.1) is 0 Å². The molecule has 1 atom stereocenters. The zero-order valence-corrected chi connectivity index (χ0v) is 8.64. The van der Waals surface area contributed by atoms with Crippen LogP contribution in [-0.4, -0.2) is 0 Å². The summed E-state index contributed by atoms with van der Waals surface area (Å²) >= 11 is 0. The summed E-state index contributed by atoms with van der Waals surface area (Å²) in [5.41, 5.74) is 4.54. The Morgan fingerprint density at radius 3 is 2.29 bits per heavy atom. The van der Waals surface area contributed by atoms with Crippen LogP contribution in [-0.2, 0) is 5.67 Å². The van der Waals surface area contributed by atoms with E-state index in [0.29, 0.717) is 5.56 Å². The van der Waals surface area contributed by atoms with Gasteiger partial charge in [0.25, 0.3) is 0 Å². The van der Waals surface area contributed by atoms with Crippen molar-refractivity contribution in [1.29, 1.82) is 0 Å². The minimum atomic E-state index is -1.70. The molecule has 0 aromatic heterocycles. The van der Waals surface area contributed by atoms with E-state index >= 15 is 0 Å². The molecule has 2 N–H and O–H groups in total. The third kappa shape index (κ3) is 2.10. The van der Waals surface area contributed by atoms with E-state index in [2.05, 4.69) is 0 Å². The van der Waals surface area contributed by atoms with E-state index in [-0.39, 0.29) is 11.6 Å². The average Bonchev–Trinajstić information content (AvgIpc) is 2.01. The molecule has 1 nitrogen and oxygen atoms in total. The number of hydrogen-bond donors (Lipinski definition) is 1. The highest BCUT2D eigenvalue weighted by Gasteiger charge is 2.27. The summed E-state index contributed by atoms with van der Waals surface area (Å²) < 4.78 is 27.1. The number of alkyl halides is 1. The summed E-state index contributed by atoms with van der Waals surface area (Å²) in [5, 5.41) is 0. The fourth-order valence-corrected chi connectivity index (χ4v) is 1.55. The fourth-order valence-electron chi connectivity index (χ4n) is 1.55. The van der Waals surface area contributed by atoms with E-state index in [1.165, 1.54) is 19.9 Å². The molecule has 0 saturated heterocycles. The summed E-state index contributed by atoms with van der Waals surface area (Å²) in [4.78, 5) is 0. The Labute approximate surface area is 82.9 Å². The van der Waals surface area contributed by atoms with Crippen LogP contribution in [0.1, 0.15) is 37.9 Å². The second kappa shape index (κ2) is 3.65. The van der Waals surface area contributed by atoms with Gasteiger partial charge in [-0.2, -0.15) is 0 Å². The Morgan fingerprint density at radius 1 is 1.36 bits per heavy atom. The molecule has 1 rings (SSSR count). The molecule has 0 bridgehead atoms. The molecule has 1 aromatic rings. The van der Waals surface area contributed by atoms with Crippen molar-refractivity contribution >= 4 is 0 Å². The predicted molar refractivity (Wildman–Crippen MR) is 53.1 cm³/mol. The van der Waals surface area contributed by atoms with Crippen molar-refractivity contribution in [2.24, 2.45) is 5.73 Å². The van der Waals surface area contributed by atoms with Gasteiger partial charge in [-0.05, 0) is 32.4 Å². The topological polar surface area (TPSA) is 26.0 Å². The van der Waals surface area contributed by atoms with E-state index in [9.17, 15) is 8.78 Å². The van der Waals surface area contributed by atoms with Crippen LogP contribution in [0.25, 0.3) is 0 Å². The fraction of sp³-hybridized carbons (Fsp3) is 0.455. The molecular formula is C11H15F2N. The normalized spacial score (nSPS) is 14.1. The molecule has 0 radical (unpaired) electrons. The first-order chi connectivity index (χ1) is 6.34. The molecule has 0 heterocycles. The van der Waals surface area contributed by atoms with Crippen molar-refractivity contribution < 1.29 is 8.78 Å². The predicted octanol–water partition coefficient (Wildman–Crippen LogP) is 3.05. The van der Waals surface area contributed by atoms with Crippen molar-refractivity contribution in [1.82, 2.24) is 0 Å². The first kappa shape index (κ1) is 11.1. The average molecular weight is 199 g/mol. The van der Waals surface area contributed by atoms with Crippen molar-refractivity contribution in [3.8, 4) is 0 Å². The zero-order valence-electron chi connectivity index (χ0n) is 8.64. The van der Waals surface area contributed by atoms with Crippen molar-refractivity contribution in [2.45, 2.75) is 32.5 Å². The van der Waals surface area contributed by atoms with Crippen molar-refractivity contribution in [2.75, 3.05) is 0 Å². The highest BCUT2D eigenvalue weighted by molar-refractivity contribution is 5.34.